The van der Waals surface area contributed by atoms with Gasteiger partial charge in [0, 0.05) is 35.4 Å². The Kier molecular flexibility index (Phi) is 4.96. The lowest BCUT2D eigenvalue weighted by atomic mass is 10.1. The third-order valence-corrected chi connectivity index (χ3v) is 5.18. The van der Waals surface area contributed by atoms with E-state index in [0.29, 0.717) is 22.9 Å². The predicted molar refractivity (Wildman–Crippen MR) is 102 cm³/mol. The molecule has 2 N–H and O–H groups in total. The van der Waals surface area contributed by atoms with Gasteiger partial charge in [-0.25, -0.2) is 0 Å². The van der Waals surface area contributed by atoms with Gasteiger partial charge in [-0.3, -0.25) is 4.79 Å². The summed E-state index contributed by atoms with van der Waals surface area (Å²) in [5, 5.41) is 4.37. The molecule has 0 bridgehead atoms. The number of hydrogen-bond acceptors (Lipinski definition) is 2. The molecule has 134 valence electrons. The van der Waals surface area contributed by atoms with E-state index in [1.165, 1.54) is 31.5 Å². The van der Waals surface area contributed by atoms with Gasteiger partial charge < -0.3 is 14.6 Å². The van der Waals surface area contributed by atoms with Gasteiger partial charge in [0.05, 0.1) is 13.1 Å². The van der Waals surface area contributed by atoms with E-state index >= 15 is 0 Å². The van der Waals surface area contributed by atoms with Gasteiger partial charge in [0.1, 0.15) is 12.1 Å². The number of quaternary nitrogens is 1. The lowest BCUT2D eigenvalue weighted by Gasteiger charge is -2.12. The first kappa shape index (κ1) is 17.1. The van der Waals surface area contributed by atoms with Crippen LogP contribution in [0.15, 0.2) is 52.9 Å². The summed E-state index contributed by atoms with van der Waals surface area (Å²) in [6.45, 7) is 4.13. The molecule has 0 saturated carbocycles. The van der Waals surface area contributed by atoms with E-state index in [1.807, 2.05) is 0 Å². The van der Waals surface area contributed by atoms with Crippen LogP contribution in [0, 0.1) is 0 Å². The molecule has 4 nitrogen and oxygen atoms in total. The third kappa shape index (κ3) is 3.92. The van der Waals surface area contributed by atoms with Gasteiger partial charge in [-0.15, -0.1) is 0 Å². The highest BCUT2D eigenvalue weighted by molar-refractivity contribution is 6.31. The summed E-state index contributed by atoms with van der Waals surface area (Å²) >= 11 is 5.97. The fourth-order valence-electron chi connectivity index (χ4n) is 3.51. The van der Waals surface area contributed by atoms with Crippen LogP contribution >= 0.6 is 11.6 Å². The van der Waals surface area contributed by atoms with Crippen molar-refractivity contribution in [2.45, 2.75) is 25.9 Å². The third-order valence-electron chi connectivity index (χ3n) is 4.94. The molecule has 3 aromatic rings. The second kappa shape index (κ2) is 7.52. The number of rotatable bonds is 5. The molecule has 1 saturated heterocycles. The highest BCUT2D eigenvalue weighted by atomic mass is 35.5. The quantitative estimate of drug-likeness (QED) is 0.725. The Morgan fingerprint density at radius 3 is 2.54 bits per heavy atom. The maximum absolute atomic E-state index is 12.3. The molecule has 1 aliphatic rings. The number of fused-ring (bicyclic) bond motifs is 1. The molecule has 0 unspecified atom stereocenters. The van der Waals surface area contributed by atoms with Crippen LogP contribution in [0.1, 0.15) is 34.5 Å². The molecule has 2 aromatic carbocycles. The Labute approximate surface area is 157 Å². The van der Waals surface area contributed by atoms with E-state index in [4.69, 9.17) is 16.0 Å². The molecule has 1 amide bonds. The van der Waals surface area contributed by atoms with Crippen molar-refractivity contribution < 1.29 is 14.1 Å². The SMILES string of the molecule is O=C(NCc1ccc(C[NH+]2CCCC2)cc1)c1cc2cc(Cl)ccc2o1. The molecular weight excluding hydrogens is 348 g/mol. The molecule has 0 spiro atoms. The molecule has 1 aromatic heterocycles. The summed E-state index contributed by atoms with van der Waals surface area (Å²) in [4.78, 5) is 14.0. The van der Waals surface area contributed by atoms with Gasteiger partial charge >= 0.3 is 0 Å². The highest BCUT2D eigenvalue weighted by Gasteiger charge is 2.15. The van der Waals surface area contributed by atoms with Crippen molar-refractivity contribution in [1.29, 1.82) is 0 Å². The number of hydrogen-bond donors (Lipinski definition) is 2. The monoisotopic (exact) mass is 369 g/mol. The minimum absolute atomic E-state index is 0.220. The van der Waals surface area contributed by atoms with Gasteiger partial charge in [-0.05, 0) is 29.8 Å². The van der Waals surface area contributed by atoms with Crippen molar-refractivity contribution in [3.8, 4) is 0 Å². The second-order valence-corrected chi connectivity index (χ2v) is 7.36. The largest absolute Gasteiger partial charge is 0.451 e. The molecule has 1 fully saturated rings. The van der Waals surface area contributed by atoms with Crippen LogP contribution in [-0.4, -0.2) is 19.0 Å². The van der Waals surface area contributed by atoms with Crippen molar-refractivity contribution in [1.82, 2.24) is 5.32 Å². The zero-order valence-electron chi connectivity index (χ0n) is 14.6. The summed E-state index contributed by atoms with van der Waals surface area (Å²) in [5.41, 5.74) is 3.09. The first-order valence-electron chi connectivity index (χ1n) is 9.06. The van der Waals surface area contributed by atoms with Crippen LogP contribution in [0.2, 0.25) is 5.02 Å². The number of halogens is 1. The van der Waals surface area contributed by atoms with Crippen LogP contribution < -0.4 is 10.2 Å². The van der Waals surface area contributed by atoms with E-state index in [-0.39, 0.29) is 5.91 Å². The van der Waals surface area contributed by atoms with Gasteiger partial charge in [0.25, 0.3) is 5.91 Å². The first-order valence-corrected chi connectivity index (χ1v) is 9.44. The number of carbonyl (C=O) groups excluding carboxylic acids is 1. The Balaban J connectivity index is 1.35. The van der Waals surface area contributed by atoms with Gasteiger partial charge in [-0.1, -0.05) is 35.9 Å². The fraction of sp³-hybridized carbons (Fsp3) is 0.286. The van der Waals surface area contributed by atoms with Crippen molar-refractivity contribution >= 4 is 28.5 Å². The average Bonchev–Trinajstić information content (AvgIpc) is 3.30. The fourth-order valence-corrected chi connectivity index (χ4v) is 3.69. The molecule has 4 rings (SSSR count). The molecule has 2 heterocycles. The van der Waals surface area contributed by atoms with E-state index in [9.17, 15) is 4.79 Å². The van der Waals surface area contributed by atoms with Crippen LogP contribution in [0.3, 0.4) is 0 Å². The molecule has 0 radical (unpaired) electrons. The van der Waals surface area contributed by atoms with Gasteiger partial charge in [-0.2, -0.15) is 0 Å². The van der Waals surface area contributed by atoms with Crippen LogP contribution in [0.25, 0.3) is 11.0 Å². The van der Waals surface area contributed by atoms with E-state index < -0.39 is 0 Å². The Morgan fingerprint density at radius 2 is 1.77 bits per heavy atom. The van der Waals surface area contributed by atoms with Crippen molar-refractivity contribution in [2.24, 2.45) is 0 Å². The number of benzene rings is 2. The van der Waals surface area contributed by atoms with Gasteiger partial charge in [0.15, 0.2) is 5.76 Å². The zero-order valence-corrected chi connectivity index (χ0v) is 15.3. The summed E-state index contributed by atoms with van der Waals surface area (Å²) in [7, 11) is 0. The zero-order chi connectivity index (χ0) is 17.9. The van der Waals surface area contributed by atoms with Crippen LogP contribution in [-0.2, 0) is 13.1 Å². The maximum atomic E-state index is 12.3. The summed E-state index contributed by atoms with van der Waals surface area (Å²) in [6.07, 6.45) is 2.68. The number of nitrogens with one attached hydrogen (secondary N) is 2. The van der Waals surface area contributed by atoms with Crippen molar-refractivity contribution in [3.63, 3.8) is 0 Å². The van der Waals surface area contributed by atoms with E-state index in [0.717, 1.165) is 17.5 Å². The van der Waals surface area contributed by atoms with Crippen molar-refractivity contribution in [2.75, 3.05) is 13.1 Å². The number of furan rings is 1. The minimum Gasteiger partial charge on any atom is -0.451 e. The molecule has 26 heavy (non-hydrogen) atoms. The average molecular weight is 370 g/mol. The van der Waals surface area contributed by atoms with Crippen LogP contribution in [0.5, 0.6) is 0 Å². The Bertz CT molecular complexity index is 911. The van der Waals surface area contributed by atoms with Crippen molar-refractivity contribution in [3.05, 3.63) is 70.4 Å². The second-order valence-electron chi connectivity index (χ2n) is 6.93. The minimum atomic E-state index is -0.220. The van der Waals surface area contributed by atoms with E-state index in [1.54, 1.807) is 29.2 Å². The Morgan fingerprint density at radius 1 is 1.04 bits per heavy atom. The predicted octanol–water partition coefficient (Wildman–Crippen LogP) is 3.19. The first-order chi connectivity index (χ1) is 12.7. The number of amides is 1. The normalized spacial score (nSPS) is 14.8. The van der Waals surface area contributed by atoms with E-state index in [2.05, 4.69) is 29.6 Å². The molecule has 1 aliphatic heterocycles. The molecule has 0 aliphatic carbocycles. The molecule has 5 heteroatoms. The van der Waals surface area contributed by atoms with Gasteiger partial charge in [0.2, 0.25) is 0 Å². The maximum Gasteiger partial charge on any atom is 0.287 e. The Hall–Kier alpha value is -2.30. The summed E-state index contributed by atoms with van der Waals surface area (Å²) in [5.74, 6) is 0.0828. The lowest BCUT2D eigenvalue weighted by Crippen LogP contribution is -3.08. The summed E-state index contributed by atoms with van der Waals surface area (Å²) in [6, 6.07) is 15.5. The molecule has 0 atom stereocenters. The smallest absolute Gasteiger partial charge is 0.287 e. The lowest BCUT2D eigenvalue weighted by molar-refractivity contribution is -0.901. The molecular formula is C21H22ClN2O2+. The van der Waals surface area contributed by atoms with Crippen LogP contribution in [0.4, 0.5) is 0 Å². The number of likely N-dealkylation sites (tertiary alicyclic amines) is 1. The topological polar surface area (TPSA) is 46.7 Å². The highest BCUT2D eigenvalue weighted by Crippen LogP contribution is 2.23. The standard InChI is InChI=1S/C21H21ClN2O2/c22-18-7-8-19-17(11-18)12-20(26-19)21(25)23-13-15-3-5-16(6-4-15)14-24-9-1-2-10-24/h3-8,11-12H,1-2,9-10,13-14H2,(H,23,25)/p+1. The summed E-state index contributed by atoms with van der Waals surface area (Å²) < 4.78 is 5.59. The number of carbonyl (C=O) groups is 1.